The first-order chi connectivity index (χ1) is 6.18. The van der Waals surface area contributed by atoms with Crippen LogP contribution >= 0.6 is 15.9 Å². The van der Waals surface area contributed by atoms with Crippen molar-refractivity contribution < 1.29 is 4.39 Å². The van der Waals surface area contributed by atoms with Gasteiger partial charge in [0.25, 0.3) is 0 Å². The van der Waals surface area contributed by atoms with Crippen LogP contribution < -0.4 is 5.73 Å². The Kier molecular flexibility index (Phi) is 2.39. The molecule has 0 unspecified atom stereocenters. The molecule has 0 saturated heterocycles. The molecule has 13 heavy (non-hydrogen) atoms. The molecule has 0 bridgehead atoms. The maximum absolute atomic E-state index is 13.1. The van der Waals surface area contributed by atoms with Crippen LogP contribution in [0.25, 0.3) is 0 Å². The Hall–Kier alpha value is -0.410. The first-order valence-corrected chi connectivity index (χ1v) is 5.18. The van der Waals surface area contributed by atoms with E-state index in [4.69, 9.17) is 5.73 Å². The number of benzene rings is 1. The molecule has 0 spiro atoms. The minimum absolute atomic E-state index is 0.0163. The van der Waals surface area contributed by atoms with Crippen LogP contribution in [-0.2, 0) is 0 Å². The van der Waals surface area contributed by atoms with Crippen LogP contribution in [0.15, 0.2) is 22.7 Å². The quantitative estimate of drug-likeness (QED) is 0.850. The Morgan fingerprint density at radius 3 is 2.69 bits per heavy atom. The predicted octanol–water partition coefficient (Wildman–Crippen LogP) is 3.00. The molecule has 0 amide bonds. The zero-order chi connectivity index (χ0) is 9.42. The standard InChI is InChI=1S/C10H11BrFN/c11-8-4-3-7(5-9(8)12)10(13)6-1-2-6/h3-6,10H,1-2,13H2/t10-/m1/s1. The topological polar surface area (TPSA) is 26.0 Å². The summed E-state index contributed by atoms with van der Waals surface area (Å²) in [5.74, 6) is 0.342. The molecule has 70 valence electrons. The molecular formula is C10H11BrFN. The number of nitrogens with two attached hydrogens (primary N) is 1. The summed E-state index contributed by atoms with van der Waals surface area (Å²) in [6, 6.07) is 5.14. The van der Waals surface area contributed by atoms with Gasteiger partial charge in [0.2, 0.25) is 0 Å². The van der Waals surface area contributed by atoms with Crippen molar-refractivity contribution in [2.24, 2.45) is 11.7 Å². The lowest BCUT2D eigenvalue weighted by Crippen LogP contribution is -2.12. The highest BCUT2D eigenvalue weighted by molar-refractivity contribution is 9.10. The van der Waals surface area contributed by atoms with Gasteiger partial charge < -0.3 is 5.73 Å². The zero-order valence-electron chi connectivity index (χ0n) is 7.13. The van der Waals surface area contributed by atoms with E-state index in [1.165, 1.54) is 18.9 Å². The third-order valence-corrected chi connectivity index (χ3v) is 3.10. The van der Waals surface area contributed by atoms with Crippen molar-refractivity contribution in [1.29, 1.82) is 0 Å². The van der Waals surface area contributed by atoms with Crippen molar-refractivity contribution >= 4 is 15.9 Å². The van der Waals surface area contributed by atoms with Gasteiger partial charge in [0.05, 0.1) is 4.47 Å². The highest BCUT2D eigenvalue weighted by atomic mass is 79.9. The smallest absolute Gasteiger partial charge is 0.137 e. The van der Waals surface area contributed by atoms with E-state index in [9.17, 15) is 4.39 Å². The van der Waals surface area contributed by atoms with Crippen LogP contribution in [0, 0.1) is 11.7 Å². The van der Waals surface area contributed by atoms with E-state index in [2.05, 4.69) is 15.9 Å². The number of rotatable bonds is 2. The van der Waals surface area contributed by atoms with Gasteiger partial charge in [-0.2, -0.15) is 0 Å². The summed E-state index contributed by atoms with van der Waals surface area (Å²) in [7, 11) is 0. The summed E-state index contributed by atoms with van der Waals surface area (Å²) < 4.78 is 13.6. The van der Waals surface area contributed by atoms with Gasteiger partial charge in [0.15, 0.2) is 0 Å². The van der Waals surface area contributed by atoms with Crippen LogP contribution in [0.3, 0.4) is 0 Å². The second-order valence-electron chi connectivity index (χ2n) is 3.54. The van der Waals surface area contributed by atoms with Gasteiger partial charge >= 0.3 is 0 Å². The van der Waals surface area contributed by atoms with Crippen molar-refractivity contribution in [3.63, 3.8) is 0 Å². The fraction of sp³-hybridized carbons (Fsp3) is 0.400. The monoisotopic (exact) mass is 243 g/mol. The normalized spacial score (nSPS) is 18.7. The van der Waals surface area contributed by atoms with Gasteiger partial charge in [-0.15, -0.1) is 0 Å². The van der Waals surface area contributed by atoms with Gasteiger partial charge in [-0.25, -0.2) is 4.39 Å². The van der Waals surface area contributed by atoms with Gasteiger partial charge in [-0.3, -0.25) is 0 Å². The second kappa shape index (κ2) is 3.39. The predicted molar refractivity (Wildman–Crippen MR) is 53.8 cm³/mol. The molecule has 0 aliphatic heterocycles. The van der Waals surface area contributed by atoms with E-state index in [1.54, 1.807) is 6.07 Å². The summed E-state index contributed by atoms with van der Waals surface area (Å²) in [5.41, 5.74) is 6.84. The third kappa shape index (κ3) is 1.92. The molecule has 0 radical (unpaired) electrons. The van der Waals surface area contributed by atoms with Gasteiger partial charge in [0.1, 0.15) is 5.82 Å². The maximum atomic E-state index is 13.1. The third-order valence-electron chi connectivity index (χ3n) is 2.46. The van der Waals surface area contributed by atoms with E-state index in [-0.39, 0.29) is 11.9 Å². The molecule has 0 heterocycles. The SMILES string of the molecule is N[C@@H](c1ccc(Br)c(F)c1)C1CC1. The maximum Gasteiger partial charge on any atom is 0.137 e. The second-order valence-corrected chi connectivity index (χ2v) is 4.39. The lowest BCUT2D eigenvalue weighted by Gasteiger charge is -2.10. The Labute approximate surface area is 85.3 Å². The summed E-state index contributed by atoms with van der Waals surface area (Å²) in [6.07, 6.45) is 2.36. The molecule has 1 nitrogen and oxygen atoms in total. The minimum Gasteiger partial charge on any atom is -0.324 e. The molecule has 1 aliphatic rings. The Balaban J connectivity index is 2.24. The van der Waals surface area contributed by atoms with Crippen LogP contribution in [0.5, 0.6) is 0 Å². The molecule has 2 N–H and O–H groups in total. The number of hydrogen-bond donors (Lipinski definition) is 1. The fourth-order valence-corrected chi connectivity index (χ4v) is 1.69. The number of halogens is 2. The molecule has 3 heteroatoms. The first kappa shape index (κ1) is 9.16. The molecule has 0 aromatic heterocycles. The summed E-state index contributed by atoms with van der Waals surface area (Å²) in [6.45, 7) is 0. The van der Waals surface area contributed by atoms with E-state index < -0.39 is 0 Å². The van der Waals surface area contributed by atoms with Crippen molar-refractivity contribution in [2.45, 2.75) is 18.9 Å². The summed E-state index contributed by atoms with van der Waals surface area (Å²) in [5, 5.41) is 0. The molecule has 1 aliphatic carbocycles. The fourth-order valence-electron chi connectivity index (χ4n) is 1.45. The molecule has 2 rings (SSSR count). The highest BCUT2D eigenvalue weighted by Crippen LogP contribution is 2.39. The molecular weight excluding hydrogens is 233 g/mol. The van der Waals surface area contributed by atoms with Crippen LogP contribution in [-0.4, -0.2) is 0 Å². The number of hydrogen-bond acceptors (Lipinski definition) is 1. The van der Waals surface area contributed by atoms with Crippen LogP contribution in [0.1, 0.15) is 24.4 Å². The molecule has 1 aromatic rings. The lowest BCUT2D eigenvalue weighted by atomic mass is 10.0. The summed E-state index contributed by atoms with van der Waals surface area (Å²) >= 11 is 3.12. The van der Waals surface area contributed by atoms with Crippen molar-refractivity contribution in [3.8, 4) is 0 Å². The van der Waals surface area contributed by atoms with Crippen LogP contribution in [0.2, 0.25) is 0 Å². The van der Waals surface area contributed by atoms with E-state index in [0.717, 1.165) is 5.56 Å². The van der Waals surface area contributed by atoms with Gasteiger partial charge in [0, 0.05) is 6.04 Å². The van der Waals surface area contributed by atoms with Gasteiger partial charge in [-0.1, -0.05) is 6.07 Å². The van der Waals surface area contributed by atoms with Crippen LogP contribution in [0.4, 0.5) is 4.39 Å². The molecule has 1 fully saturated rings. The van der Waals surface area contributed by atoms with Crippen molar-refractivity contribution in [1.82, 2.24) is 0 Å². The Bertz CT molecular complexity index is 323. The van der Waals surface area contributed by atoms with Gasteiger partial charge in [-0.05, 0) is 52.4 Å². The van der Waals surface area contributed by atoms with Crippen molar-refractivity contribution in [3.05, 3.63) is 34.1 Å². The highest BCUT2D eigenvalue weighted by Gasteiger charge is 2.29. The lowest BCUT2D eigenvalue weighted by molar-refractivity contribution is 0.597. The van der Waals surface area contributed by atoms with E-state index in [0.29, 0.717) is 10.4 Å². The van der Waals surface area contributed by atoms with Crippen molar-refractivity contribution in [2.75, 3.05) is 0 Å². The molecule has 1 aromatic carbocycles. The summed E-state index contributed by atoms with van der Waals surface area (Å²) in [4.78, 5) is 0. The largest absolute Gasteiger partial charge is 0.324 e. The Morgan fingerprint density at radius 1 is 1.46 bits per heavy atom. The molecule has 1 saturated carbocycles. The average molecular weight is 244 g/mol. The minimum atomic E-state index is -0.228. The van der Waals surface area contributed by atoms with E-state index in [1.807, 2.05) is 6.07 Å². The Morgan fingerprint density at radius 2 is 2.15 bits per heavy atom. The zero-order valence-corrected chi connectivity index (χ0v) is 8.72. The average Bonchev–Trinajstić information content (AvgIpc) is 2.91. The first-order valence-electron chi connectivity index (χ1n) is 4.39. The van der Waals surface area contributed by atoms with E-state index >= 15 is 0 Å². The molecule has 1 atom stereocenters.